The molecule has 0 spiro atoms. The quantitative estimate of drug-likeness (QED) is 0.333. The summed E-state index contributed by atoms with van der Waals surface area (Å²) in [5.41, 5.74) is -0.0927. The van der Waals surface area contributed by atoms with E-state index in [2.05, 4.69) is 24.1 Å². The van der Waals surface area contributed by atoms with Crippen LogP contribution in [-0.2, 0) is 14.3 Å². The van der Waals surface area contributed by atoms with E-state index in [0.717, 1.165) is 6.42 Å². The molecule has 1 amide bonds. The van der Waals surface area contributed by atoms with Gasteiger partial charge in [0, 0.05) is 18.7 Å². The van der Waals surface area contributed by atoms with Gasteiger partial charge >= 0.3 is 12.1 Å². The van der Waals surface area contributed by atoms with Crippen LogP contribution in [0.2, 0.25) is 0 Å². The standard InChI is InChI=1S/C24H36N2O6/c1-17(2)16-18(3)22(28)31-13-10-25-23(29)32-20-8-6-19(7-9-20)21(27)24(4,5)26-11-14-30-15-12-26/h6-9,17-18H,10-16H2,1-5H3,(H,25,29). The number of Topliss-reactive ketones (excluding diaryl/α,β-unsaturated/α-hetero) is 1. The number of carbonyl (C=O) groups is 3. The number of hydrogen-bond donors (Lipinski definition) is 1. The van der Waals surface area contributed by atoms with Crippen LogP contribution in [0.3, 0.4) is 0 Å². The van der Waals surface area contributed by atoms with Crippen molar-refractivity contribution in [3.05, 3.63) is 29.8 Å². The number of ether oxygens (including phenoxy) is 3. The summed E-state index contributed by atoms with van der Waals surface area (Å²) in [4.78, 5) is 38.9. The van der Waals surface area contributed by atoms with E-state index >= 15 is 0 Å². The van der Waals surface area contributed by atoms with Crippen molar-refractivity contribution < 1.29 is 28.6 Å². The molecule has 0 aliphatic carbocycles. The lowest BCUT2D eigenvalue weighted by atomic mass is 9.91. The molecule has 8 nitrogen and oxygen atoms in total. The summed E-state index contributed by atoms with van der Waals surface area (Å²) >= 11 is 0. The summed E-state index contributed by atoms with van der Waals surface area (Å²) in [5, 5.41) is 2.55. The van der Waals surface area contributed by atoms with Crippen LogP contribution in [0.1, 0.15) is 51.4 Å². The van der Waals surface area contributed by atoms with E-state index in [1.165, 1.54) is 0 Å². The minimum Gasteiger partial charge on any atom is -0.464 e. The Morgan fingerprint density at radius 1 is 1.09 bits per heavy atom. The van der Waals surface area contributed by atoms with E-state index in [0.29, 0.717) is 43.5 Å². The van der Waals surface area contributed by atoms with Crippen LogP contribution in [0.4, 0.5) is 4.79 Å². The van der Waals surface area contributed by atoms with Crippen LogP contribution in [-0.4, -0.2) is 67.7 Å². The number of benzene rings is 1. The van der Waals surface area contributed by atoms with Gasteiger partial charge in [0.15, 0.2) is 5.78 Å². The number of nitrogens with one attached hydrogen (secondary N) is 1. The van der Waals surface area contributed by atoms with Gasteiger partial charge < -0.3 is 19.5 Å². The molecule has 1 aliphatic heterocycles. The SMILES string of the molecule is CC(C)CC(C)C(=O)OCCNC(=O)Oc1ccc(C(=O)C(C)(C)N2CCOCC2)cc1. The largest absolute Gasteiger partial charge is 0.464 e. The maximum atomic E-state index is 13.0. The summed E-state index contributed by atoms with van der Waals surface area (Å²) in [6, 6.07) is 6.50. The second kappa shape index (κ2) is 12.0. The van der Waals surface area contributed by atoms with Crippen LogP contribution < -0.4 is 10.1 Å². The Morgan fingerprint density at radius 2 is 1.72 bits per heavy atom. The van der Waals surface area contributed by atoms with E-state index in [-0.39, 0.29) is 30.8 Å². The molecule has 1 unspecified atom stereocenters. The lowest BCUT2D eigenvalue weighted by Gasteiger charge is -2.39. The molecule has 1 aromatic carbocycles. The molecule has 32 heavy (non-hydrogen) atoms. The zero-order chi connectivity index (χ0) is 23.7. The summed E-state index contributed by atoms with van der Waals surface area (Å²) in [6.45, 7) is 12.7. The van der Waals surface area contributed by atoms with Crippen molar-refractivity contribution in [1.82, 2.24) is 10.2 Å². The molecule has 1 heterocycles. The normalized spacial score (nSPS) is 15.8. The first-order valence-electron chi connectivity index (χ1n) is 11.2. The van der Waals surface area contributed by atoms with Crippen LogP contribution in [0.5, 0.6) is 5.75 Å². The minimum atomic E-state index is -0.649. The Kier molecular flexibility index (Phi) is 9.65. The van der Waals surface area contributed by atoms with Gasteiger partial charge in [-0.15, -0.1) is 0 Å². The average Bonchev–Trinajstić information content (AvgIpc) is 2.76. The van der Waals surface area contributed by atoms with Gasteiger partial charge in [-0.1, -0.05) is 20.8 Å². The monoisotopic (exact) mass is 448 g/mol. The first kappa shape index (κ1) is 25.8. The summed E-state index contributed by atoms with van der Waals surface area (Å²) in [7, 11) is 0. The van der Waals surface area contributed by atoms with Crippen molar-refractivity contribution in [3.63, 3.8) is 0 Å². The lowest BCUT2D eigenvalue weighted by molar-refractivity contribution is -0.148. The zero-order valence-corrected chi connectivity index (χ0v) is 19.8. The number of nitrogens with zero attached hydrogens (tertiary/aromatic N) is 1. The van der Waals surface area contributed by atoms with E-state index in [1.54, 1.807) is 24.3 Å². The molecule has 0 saturated carbocycles. The predicted molar refractivity (Wildman–Crippen MR) is 121 cm³/mol. The molecule has 1 aliphatic rings. The van der Waals surface area contributed by atoms with E-state index in [4.69, 9.17) is 14.2 Å². The van der Waals surface area contributed by atoms with E-state index in [1.807, 2.05) is 20.8 Å². The summed E-state index contributed by atoms with van der Waals surface area (Å²) < 4.78 is 15.8. The van der Waals surface area contributed by atoms with E-state index < -0.39 is 11.6 Å². The second-order valence-electron chi connectivity index (χ2n) is 9.03. The molecule has 1 N–H and O–H groups in total. The van der Waals surface area contributed by atoms with Gasteiger partial charge in [-0.2, -0.15) is 0 Å². The number of morpholine rings is 1. The highest BCUT2D eigenvalue weighted by molar-refractivity contribution is 6.02. The van der Waals surface area contributed by atoms with Gasteiger partial charge in [0.25, 0.3) is 0 Å². The first-order chi connectivity index (χ1) is 15.1. The van der Waals surface area contributed by atoms with Crippen LogP contribution in [0, 0.1) is 11.8 Å². The van der Waals surface area contributed by atoms with Crippen LogP contribution in [0.25, 0.3) is 0 Å². The highest BCUT2D eigenvalue weighted by Crippen LogP contribution is 2.23. The lowest BCUT2D eigenvalue weighted by Crippen LogP contribution is -2.54. The van der Waals surface area contributed by atoms with Crippen molar-refractivity contribution in [1.29, 1.82) is 0 Å². The van der Waals surface area contributed by atoms with Crippen LogP contribution >= 0.6 is 0 Å². The molecular weight excluding hydrogens is 412 g/mol. The summed E-state index contributed by atoms with van der Waals surface area (Å²) in [6.07, 6.45) is 0.111. The smallest absolute Gasteiger partial charge is 0.412 e. The molecule has 1 saturated heterocycles. The maximum Gasteiger partial charge on any atom is 0.412 e. The Hall–Kier alpha value is -2.45. The van der Waals surface area contributed by atoms with E-state index in [9.17, 15) is 14.4 Å². The zero-order valence-electron chi connectivity index (χ0n) is 19.8. The average molecular weight is 449 g/mol. The molecule has 0 bridgehead atoms. The highest BCUT2D eigenvalue weighted by Gasteiger charge is 2.35. The molecule has 8 heteroatoms. The van der Waals surface area contributed by atoms with Gasteiger partial charge in [-0.3, -0.25) is 14.5 Å². The van der Waals surface area contributed by atoms with Crippen molar-refractivity contribution >= 4 is 17.8 Å². The number of esters is 1. The van der Waals surface area contributed by atoms with Crippen molar-refractivity contribution in [2.45, 2.75) is 46.6 Å². The van der Waals surface area contributed by atoms with Gasteiger partial charge in [-0.05, 0) is 50.5 Å². The third-order valence-electron chi connectivity index (χ3n) is 5.53. The van der Waals surface area contributed by atoms with Gasteiger partial charge in [0.1, 0.15) is 12.4 Å². The molecule has 0 aromatic heterocycles. The fraction of sp³-hybridized carbons (Fsp3) is 0.625. The van der Waals surface area contributed by atoms with Crippen molar-refractivity contribution in [3.8, 4) is 5.75 Å². The van der Waals surface area contributed by atoms with Gasteiger partial charge in [0.2, 0.25) is 0 Å². The molecule has 1 fully saturated rings. The minimum absolute atomic E-state index is 0.00362. The Morgan fingerprint density at radius 3 is 2.31 bits per heavy atom. The van der Waals surface area contributed by atoms with Gasteiger partial charge in [0.05, 0.1) is 31.2 Å². The third-order valence-corrected chi connectivity index (χ3v) is 5.53. The topological polar surface area (TPSA) is 94.2 Å². The Labute approximate surface area is 190 Å². The molecular formula is C24H36N2O6. The Bertz CT molecular complexity index is 769. The maximum absolute atomic E-state index is 13.0. The number of ketones is 1. The fourth-order valence-corrected chi connectivity index (χ4v) is 3.69. The molecule has 178 valence electrons. The molecule has 1 atom stereocenters. The predicted octanol–water partition coefficient (Wildman–Crippen LogP) is 3.29. The second-order valence-corrected chi connectivity index (χ2v) is 9.03. The number of hydrogen-bond acceptors (Lipinski definition) is 7. The van der Waals surface area contributed by atoms with Crippen molar-refractivity contribution in [2.24, 2.45) is 11.8 Å². The molecule has 0 radical (unpaired) electrons. The highest BCUT2D eigenvalue weighted by atomic mass is 16.6. The van der Waals surface area contributed by atoms with Gasteiger partial charge in [-0.25, -0.2) is 4.79 Å². The number of rotatable bonds is 10. The first-order valence-corrected chi connectivity index (χ1v) is 11.2. The number of amides is 1. The third kappa shape index (κ3) is 7.60. The molecule has 2 rings (SSSR count). The van der Waals surface area contributed by atoms with Crippen LogP contribution in [0.15, 0.2) is 24.3 Å². The van der Waals surface area contributed by atoms with Crippen molar-refractivity contribution in [2.75, 3.05) is 39.5 Å². The molecule has 1 aromatic rings. The Balaban J connectivity index is 1.77. The number of carbonyl (C=O) groups excluding carboxylic acids is 3. The fourth-order valence-electron chi connectivity index (χ4n) is 3.69. The summed E-state index contributed by atoms with van der Waals surface area (Å²) in [5.74, 6) is 0.304.